The van der Waals surface area contributed by atoms with Gasteiger partial charge < -0.3 is 9.88 Å². The summed E-state index contributed by atoms with van der Waals surface area (Å²) in [5.74, 6) is -0.651. The molecule has 0 aliphatic heterocycles. The van der Waals surface area contributed by atoms with E-state index in [2.05, 4.69) is 20.4 Å². The summed E-state index contributed by atoms with van der Waals surface area (Å²) in [5, 5.41) is 11.1. The molecular weight excluding hydrogens is 527 g/mol. The maximum Gasteiger partial charge on any atom is 0.262 e. The average Bonchev–Trinajstić information content (AvgIpc) is 3.46. The fourth-order valence-electron chi connectivity index (χ4n) is 4.21. The average molecular weight is 556 g/mol. The molecule has 0 aliphatic carbocycles. The third-order valence-corrected chi connectivity index (χ3v) is 7.77. The van der Waals surface area contributed by atoms with Gasteiger partial charge in [-0.05, 0) is 48.1 Å². The maximum absolute atomic E-state index is 12.9. The summed E-state index contributed by atoms with van der Waals surface area (Å²) in [7, 11) is 0. The summed E-state index contributed by atoms with van der Waals surface area (Å²) in [6.45, 7) is 6.40. The first kappa shape index (κ1) is 26.9. The highest BCUT2D eigenvalue weighted by atomic mass is 35.5. The Hall–Kier alpha value is -3.13. The van der Waals surface area contributed by atoms with Crippen LogP contribution < -0.4 is 10.7 Å². The van der Waals surface area contributed by atoms with E-state index in [1.165, 1.54) is 11.3 Å². The standard InChI is InChI=1S/C28H28Cl2N4O2S/c1-17(2)27(32-26(35)14-20-7-6-12-37-20)28(36)33-31-15-22-18(3)34(25-9-5-4-8-21(22)25)16-19-10-11-23(29)24(30)13-19/h4-13,15,17,27H,14,16H2,1-3H3,(H,32,35)(H,33,36)/b31-15+. The van der Waals surface area contributed by atoms with E-state index >= 15 is 0 Å². The van der Waals surface area contributed by atoms with Crippen molar-refractivity contribution in [2.75, 3.05) is 0 Å². The van der Waals surface area contributed by atoms with Crippen LogP contribution in [0.15, 0.2) is 65.1 Å². The monoisotopic (exact) mass is 554 g/mol. The Bertz CT molecular complexity index is 1440. The quantitative estimate of drug-likeness (QED) is 0.191. The summed E-state index contributed by atoms with van der Waals surface area (Å²) >= 11 is 13.8. The zero-order chi connectivity index (χ0) is 26.5. The minimum atomic E-state index is -0.693. The van der Waals surface area contributed by atoms with E-state index in [0.717, 1.165) is 32.6 Å². The van der Waals surface area contributed by atoms with Crippen LogP contribution in [0.4, 0.5) is 0 Å². The van der Waals surface area contributed by atoms with Crippen LogP contribution in [-0.2, 0) is 22.6 Å². The number of rotatable bonds is 9. The van der Waals surface area contributed by atoms with Gasteiger partial charge in [0.2, 0.25) is 5.91 Å². The Morgan fingerprint density at radius 2 is 1.86 bits per heavy atom. The lowest BCUT2D eigenvalue weighted by atomic mass is 10.0. The van der Waals surface area contributed by atoms with Crippen LogP contribution >= 0.6 is 34.5 Å². The Morgan fingerprint density at radius 1 is 1.08 bits per heavy atom. The van der Waals surface area contributed by atoms with Crippen molar-refractivity contribution in [3.63, 3.8) is 0 Å². The Balaban J connectivity index is 1.51. The Kier molecular flexibility index (Phi) is 8.69. The second-order valence-corrected chi connectivity index (χ2v) is 11.0. The van der Waals surface area contributed by atoms with Crippen LogP contribution in [0.25, 0.3) is 10.9 Å². The van der Waals surface area contributed by atoms with Crippen LogP contribution in [-0.4, -0.2) is 28.6 Å². The van der Waals surface area contributed by atoms with Crippen LogP contribution in [0.1, 0.15) is 35.5 Å². The minimum absolute atomic E-state index is 0.0997. The van der Waals surface area contributed by atoms with Crippen molar-refractivity contribution in [3.05, 3.63) is 91.7 Å². The third-order valence-electron chi connectivity index (χ3n) is 6.15. The first-order valence-electron chi connectivity index (χ1n) is 11.9. The van der Waals surface area contributed by atoms with Crippen molar-refractivity contribution < 1.29 is 9.59 Å². The molecule has 1 atom stereocenters. The number of para-hydroxylation sites is 1. The highest BCUT2D eigenvalue weighted by Crippen LogP contribution is 2.28. The van der Waals surface area contributed by atoms with Crippen molar-refractivity contribution in [1.82, 2.24) is 15.3 Å². The van der Waals surface area contributed by atoms with Crippen molar-refractivity contribution in [2.45, 2.75) is 39.8 Å². The predicted octanol–water partition coefficient (Wildman–Crippen LogP) is 6.20. The number of nitrogens with zero attached hydrogens (tertiary/aromatic N) is 2. The largest absolute Gasteiger partial charge is 0.344 e. The van der Waals surface area contributed by atoms with E-state index in [4.69, 9.17) is 23.2 Å². The smallest absolute Gasteiger partial charge is 0.262 e. The lowest BCUT2D eigenvalue weighted by Crippen LogP contribution is -2.49. The lowest BCUT2D eigenvalue weighted by molar-refractivity contribution is -0.129. The van der Waals surface area contributed by atoms with Gasteiger partial charge >= 0.3 is 0 Å². The molecule has 37 heavy (non-hydrogen) atoms. The molecule has 192 valence electrons. The second kappa shape index (κ2) is 11.9. The SMILES string of the molecule is Cc1c(/C=N/NC(=O)C(NC(=O)Cc2cccs2)C(C)C)c2ccccc2n1Cc1ccc(Cl)c(Cl)c1. The van der Waals surface area contributed by atoms with E-state index in [9.17, 15) is 9.59 Å². The number of hydrazone groups is 1. The molecule has 4 aromatic rings. The number of hydrogen-bond acceptors (Lipinski definition) is 4. The van der Waals surface area contributed by atoms with Gasteiger partial charge in [0.1, 0.15) is 6.04 Å². The van der Waals surface area contributed by atoms with Gasteiger partial charge in [-0.3, -0.25) is 9.59 Å². The van der Waals surface area contributed by atoms with Crippen LogP contribution in [0.3, 0.4) is 0 Å². The normalized spacial score (nSPS) is 12.4. The van der Waals surface area contributed by atoms with Gasteiger partial charge in [0.25, 0.3) is 5.91 Å². The molecule has 0 saturated carbocycles. The van der Waals surface area contributed by atoms with Gasteiger partial charge in [-0.25, -0.2) is 5.43 Å². The van der Waals surface area contributed by atoms with Crippen molar-refractivity contribution in [2.24, 2.45) is 11.0 Å². The van der Waals surface area contributed by atoms with Crippen LogP contribution in [0.5, 0.6) is 0 Å². The summed E-state index contributed by atoms with van der Waals surface area (Å²) in [5.41, 5.74) is 6.58. The van der Waals surface area contributed by atoms with Gasteiger partial charge in [0.15, 0.2) is 0 Å². The molecule has 6 nitrogen and oxygen atoms in total. The predicted molar refractivity (Wildman–Crippen MR) is 153 cm³/mol. The van der Waals surface area contributed by atoms with Crippen molar-refractivity contribution in [3.8, 4) is 0 Å². The number of carbonyl (C=O) groups excluding carboxylic acids is 2. The molecule has 0 fully saturated rings. The molecule has 4 rings (SSSR count). The number of thiophene rings is 1. The maximum atomic E-state index is 12.9. The molecule has 9 heteroatoms. The number of carbonyl (C=O) groups is 2. The molecule has 2 aromatic heterocycles. The number of amides is 2. The first-order chi connectivity index (χ1) is 17.7. The van der Waals surface area contributed by atoms with E-state index < -0.39 is 6.04 Å². The van der Waals surface area contributed by atoms with Crippen molar-refractivity contribution in [1.29, 1.82) is 0 Å². The van der Waals surface area contributed by atoms with Gasteiger partial charge in [-0.2, -0.15) is 5.10 Å². The molecule has 2 amide bonds. The second-order valence-electron chi connectivity index (χ2n) is 9.13. The van der Waals surface area contributed by atoms with Gasteiger partial charge in [0, 0.05) is 33.6 Å². The molecular formula is C28H28Cl2N4O2S. The first-order valence-corrected chi connectivity index (χ1v) is 13.5. The molecule has 0 spiro atoms. The molecule has 0 bridgehead atoms. The number of nitrogens with one attached hydrogen (secondary N) is 2. The van der Waals surface area contributed by atoms with Gasteiger partial charge in [0.05, 0.1) is 22.7 Å². The molecule has 2 N–H and O–H groups in total. The summed E-state index contributed by atoms with van der Waals surface area (Å²) < 4.78 is 2.18. The minimum Gasteiger partial charge on any atom is -0.344 e. The fourth-order valence-corrected chi connectivity index (χ4v) is 5.23. The van der Waals surface area contributed by atoms with Gasteiger partial charge in [-0.1, -0.05) is 67.4 Å². The number of aromatic nitrogens is 1. The number of halogens is 2. The number of fused-ring (bicyclic) bond motifs is 1. The number of hydrogen-bond donors (Lipinski definition) is 2. The third kappa shape index (κ3) is 6.42. The summed E-state index contributed by atoms with van der Waals surface area (Å²) in [4.78, 5) is 26.3. The van der Waals surface area contributed by atoms with Crippen LogP contribution in [0, 0.1) is 12.8 Å². The Morgan fingerprint density at radius 3 is 2.57 bits per heavy atom. The number of benzene rings is 2. The topological polar surface area (TPSA) is 75.5 Å². The van der Waals surface area contributed by atoms with Gasteiger partial charge in [-0.15, -0.1) is 11.3 Å². The van der Waals surface area contributed by atoms with E-state index in [0.29, 0.717) is 16.6 Å². The highest BCUT2D eigenvalue weighted by molar-refractivity contribution is 7.10. The highest BCUT2D eigenvalue weighted by Gasteiger charge is 2.24. The Labute approximate surface area is 230 Å². The molecule has 0 radical (unpaired) electrons. The van der Waals surface area contributed by atoms with E-state index in [1.807, 2.05) is 74.7 Å². The lowest BCUT2D eigenvalue weighted by Gasteiger charge is -2.20. The fraction of sp³-hybridized carbons (Fsp3) is 0.250. The molecule has 1 unspecified atom stereocenters. The summed E-state index contributed by atoms with van der Waals surface area (Å²) in [6.07, 6.45) is 1.90. The van der Waals surface area contributed by atoms with E-state index in [1.54, 1.807) is 12.3 Å². The molecule has 0 aliphatic rings. The zero-order valence-corrected chi connectivity index (χ0v) is 23.1. The molecule has 2 aromatic carbocycles. The molecule has 0 saturated heterocycles. The zero-order valence-electron chi connectivity index (χ0n) is 20.8. The van der Waals surface area contributed by atoms with Crippen molar-refractivity contribution >= 4 is 63.5 Å². The molecule has 2 heterocycles. The van der Waals surface area contributed by atoms with Crippen LogP contribution in [0.2, 0.25) is 10.0 Å². The summed E-state index contributed by atoms with van der Waals surface area (Å²) in [6, 6.07) is 16.8. The van der Waals surface area contributed by atoms with E-state index in [-0.39, 0.29) is 24.2 Å².